The summed E-state index contributed by atoms with van der Waals surface area (Å²) in [5.74, 6) is 0.150. The molecule has 4 aromatic rings. The van der Waals surface area contributed by atoms with Crippen molar-refractivity contribution in [2.75, 3.05) is 41.7 Å². The molecule has 2 fully saturated rings. The van der Waals surface area contributed by atoms with Crippen LogP contribution in [0.25, 0.3) is 22.8 Å². The van der Waals surface area contributed by atoms with Gasteiger partial charge in [-0.3, -0.25) is 0 Å². The van der Waals surface area contributed by atoms with E-state index in [0.717, 1.165) is 0 Å². The molecular formula is C28H24ClF2N11. The molecule has 2 saturated heterocycles. The van der Waals surface area contributed by atoms with E-state index in [1.807, 2.05) is 9.80 Å². The van der Waals surface area contributed by atoms with Gasteiger partial charge in [0.05, 0.1) is 34.2 Å². The van der Waals surface area contributed by atoms with E-state index in [9.17, 15) is 19.3 Å². The molecular weight excluding hydrogens is 564 g/mol. The van der Waals surface area contributed by atoms with Gasteiger partial charge in [0.1, 0.15) is 24.5 Å². The highest BCUT2D eigenvalue weighted by Gasteiger charge is 2.25. The van der Waals surface area contributed by atoms with Crippen molar-refractivity contribution in [1.82, 2.24) is 29.9 Å². The second-order valence-corrected chi connectivity index (χ2v) is 9.87. The largest absolute Gasteiger partial charge is 0.368 e. The standard InChI is InChI=1S/C14H11ClFN5.C14H13FN6/c15-14-18-5-3-11(20-14)10-1-2-13(12(7-17)19-10)21-6-4-9(16)8-21;15-9-4-6-21(8-9)13-2-1-10(19-12(13)7-16)11-3-5-18-14(17)20-11/h1-3,5,9H,4,6,8H2;1-3,5,9H,4,6,8H2,(H2,17,18,20)/t2*9-/m00/s1. The van der Waals surface area contributed by atoms with E-state index < -0.39 is 12.3 Å². The summed E-state index contributed by atoms with van der Waals surface area (Å²) in [7, 11) is 0. The zero-order chi connectivity index (χ0) is 29.6. The van der Waals surface area contributed by atoms with Crippen LogP contribution in [-0.4, -0.2) is 68.4 Å². The Bertz CT molecular complexity index is 1550. The third kappa shape index (κ3) is 6.48. The van der Waals surface area contributed by atoms with Crippen molar-refractivity contribution < 1.29 is 8.78 Å². The number of pyridine rings is 2. The molecule has 0 bridgehead atoms. The van der Waals surface area contributed by atoms with E-state index in [4.69, 9.17) is 17.3 Å². The number of aromatic nitrogens is 6. The number of nitrogens with zero attached hydrogens (tertiary/aromatic N) is 10. The number of halogens is 3. The first kappa shape index (κ1) is 28.5. The SMILES string of the molecule is N#Cc1nc(-c2ccnc(Cl)n2)ccc1N1CC[C@H](F)C1.N#Cc1nc(-c2ccnc(N)n2)ccc1N1CC[C@H](F)C1. The van der Waals surface area contributed by atoms with Crippen LogP contribution in [0.2, 0.25) is 5.28 Å². The quantitative estimate of drug-likeness (QED) is 0.342. The summed E-state index contributed by atoms with van der Waals surface area (Å²) in [6.45, 7) is 1.79. The molecule has 14 heteroatoms. The lowest BCUT2D eigenvalue weighted by atomic mass is 10.2. The van der Waals surface area contributed by atoms with Gasteiger partial charge in [0.2, 0.25) is 11.2 Å². The van der Waals surface area contributed by atoms with Crippen LogP contribution in [-0.2, 0) is 0 Å². The number of nitriles is 2. The molecule has 4 aromatic heterocycles. The smallest absolute Gasteiger partial charge is 0.222 e. The van der Waals surface area contributed by atoms with Crippen LogP contribution in [0.3, 0.4) is 0 Å². The first-order valence-corrected chi connectivity index (χ1v) is 13.4. The predicted molar refractivity (Wildman–Crippen MR) is 153 cm³/mol. The maximum atomic E-state index is 13.3. The summed E-state index contributed by atoms with van der Waals surface area (Å²) >= 11 is 5.75. The van der Waals surface area contributed by atoms with E-state index in [1.54, 1.807) is 36.4 Å². The van der Waals surface area contributed by atoms with Crippen molar-refractivity contribution in [2.24, 2.45) is 0 Å². The highest BCUT2D eigenvalue weighted by molar-refractivity contribution is 6.28. The molecule has 0 aromatic carbocycles. The Kier molecular flexibility index (Phi) is 8.60. The molecule has 2 N–H and O–H groups in total. The Morgan fingerprint density at radius 1 is 0.714 bits per heavy atom. The van der Waals surface area contributed by atoms with Crippen molar-refractivity contribution in [2.45, 2.75) is 25.2 Å². The van der Waals surface area contributed by atoms with Gasteiger partial charge in [-0.2, -0.15) is 10.5 Å². The second kappa shape index (κ2) is 12.7. The van der Waals surface area contributed by atoms with Gasteiger partial charge in [-0.05, 0) is 60.8 Å². The van der Waals surface area contributed by atoms with Crippen LogP contribution in [0.4, 0.5) is 26.1 Å². The summed E-state index contributed by atoms with van der Waals surface area (Å²) in [6, 6.07) is 14.5. The summed E-state index contributed by atoms with van der Waals surface area (Å²) in [5, 5.41) is 18.7. The summed E-state index contributed by atoms with van der Waals surface area (Å²) in [6.07, 6.45) is 2.33. The number of nitrogens with two attached hydrogens (primary N) is 1. The maximum Gasteiger partial charge on any atom is 0.222 e. The van der Waals surface area contributed by atoms with Crippen LogP contribution >= 0.6 is 11.6 Å². The molecule has 0 aliphatic carbocycles. The third-order valence-corrected chi connectivity index (χ3v) is 6.91. The lowest BCUT2D eigenvalue weighted by molar-refractivity contribution is 0.364. The van der Waals surface area contributed by atoms with E-state index in [2.05, 4.69) is 42.0 Å². The molecule has 0 spiro atoms. The molecule has 0 radical (unpaired) electrons. The molecule has 11 nitrogen and oxygen atoms in total. The van der Waals surface area contributed by atoms with Gasteiger partial charge in [0.15, 0.2) is 11.4 Å². The minimum absolute atomic E-state index is 0.122. The summed E-state index contributed by atoms with van der Waals surface area (Å²) in [5.41, 5.74) is 9.55. The number of hydrogen-bond acceptors (Lipinski definition) is 11. The van der Waals surface area contributed by atoms with Gasteiger partial charge in [-0.15, -0.1) is 0 Å². The average molecular weight is 588 g/mol. The maximum absolute atomic E-state index is 13.3. The minimum atomic E-state index is -0.850. The number of rotatable bonds is 4. The molecule has 212 valence electrons. The summed E-state index contributed by atoms with van der Waals surface area (Å²) in [4.78, 5) is 28.1. The monoisotopic (exact) mass is 587 g/mol. The second-order valence-electron chi connectivity index (χ2n) is 9.53. The van der Waals surface area contributed by atoms with Gasteiger partial charge < -0.3 is 15.5 Å². The van der Waals surface area contributed by atoms with Crippen LogP contribution in [0.1, 0.15) is 24.2 Å². The molecule has 0 saturated carbocycles. The van der Waals surface area contributed by atoms with E-state index >= 15 is 0 Å². The lowest BCUT2D eigenvalue weighted by Gasteiger charge is -2.18. The molecule has 6 heterocycles. The number of hydrogen-bond donors (Lipinski definition) is 1. The van der Waals surface area contributed by atoms with Gasteiger partial charge in [0, 0.05) is 38.6 Å². The summed E-state index contributed by atoms with van der Waals surface area (Å²) < 4.78 is 26.6. The molecule has 0 unspecified atom stereocenters. The Labute approximate surface area is 245 Å². The van der Waals surface area contributed by atoms with Crippen molar-refractivity contribution in [1.29, 1.82) is 10.5 Å². The van der Waals surface area contributed by atoms with E-state index in [0.29, 0.717) is 73.2 Å². The van der Waals surface area contributed by atoms with Crippen molar-refractivity contribution in [3.8, 4) is 34.9 Å². The molecule has 2 aliphatic heterocycles. The number of anilines is 3. The normalized spacial score (nSPS) is 17.7. The molecule has 2 aliphatic rings. The first-order valence-electron chi connectivity index (χ1n) is 13.0. The van der Waals surface area contributed by atoms with Crippen LogP contribution in [0.15, 0.2) is 48.8 Å². The molecule has 0 amide bonds. The van der Waals surface area contributed by atoms with Gasteiger partial charge in [-0.1, -0.05) is 0 Å². The predicted octanol–water partition coefficient (Wildman–Crippen LogP) is 4.15. The number of alkyl halides is 2. The fourth-order valence-electron chi connectivity index (χ4n) is 4.73. The van der Waals surface area contributed by atoms with Crippen LogP contribution in [0, 0.1) is 22.7 Å². The Balaban J connectivity index is 0.000000168. The highest BCUT2D eigenvalue weighted by Crippen LogP contribution is 2.28. The molecule has 42 heavy (non-hydrogen) atoms. The van der Waals surface area contributed by atoms with Crippen molar-refractivity contribution in [3.63, 3.8) is 0 Å². The molecule has 2 atom stereocenters. The highest BCUT2D eigenvalue weighted by atomic mass is 35.5. The topological polar surface area (TPSA) is 157 Å². The lowest BCUT2D eigenvalue weighted by Crippen LogP contribution is -2.21. The van der Waals surface area contributed by atoms with E-state index in [-0.39, 0.29) is 22.6 Å². The first-order chi connectivity index (χ1) is 20.3. The van der Waals surface area contributed by atoms with Crippen molar-refractivity contribution >= 4 is 28.9 Å². The Morgan fingerprint density at radius 2 is 1.19 bits per heavy atom. The van der Waals surface area contributed by atoms with Gasteiger partial charge >= 0.3 is 0 Å². The van der Waals surface area contributed by atoms with Gasteiger partial charge in [-0.25, -0.2) is 38.7 Å². The zero-order valence-electron chi connectivity index (χ0n) is 22.2. The minimum Gasteiger partial charge on any atom is -0.368 e. The molecule has 6 rings (SSSR count). The van der Waals surface area contributed by atoms with Gasteiger partial charge in [0.25, 0.3) is 0 Å². The van der Waals surface area contributed by atoms with Crippen molar-refractivity contribution in [3.05, 3.63) is 65.5 Å². The Hall–Kier alpha value is -5.01. The van der Waals surface area contributed by atoms with Crippen LogP contribution in [0.5, 0.6) is 0 Å². The fourth-order valence-corrected chi connectivity index (χ4v) is 4.88. The third-order valence-electron chi connectivity index (χ3n) is 6.73. The number of nitrogen functional groups attached to an aromatic ring is 1. The average Bonchev–Trinajstić information content (AvgIpc) is 3.64. The van der Waals surface area contributed by atoms with Crippen LogP contribution < -0.4 is 15.5 Å². The van der Waals surface area contributed by atoms with E-state index in [1.165, 1.54) is 12.4 Å². The zero-order valence-corrected chi connectivity index (χ0v) is 23.0. The Morgan fingerprint density at radius 3 is 1.62 bits per heavy atom. The fraction of sp³-hybridized carbons (Fsp3) is 0.286.